The minimum atomic E-state index is 0.0454. The second-order valence-corrected chi connectivity index (χ2v) is 3.49. The van der Waals surface area contributed by atoms with Crippen LogP contribution in [0, 0.1) is 0 Å². The molecule has 1 fully saturated rings. The van der Waals surface area contributed by atoms with Crippen molar-refractivity contribution in [1.29, 1.82) is 0 Å². The summed E-state index contributed by atoms with van der Waals surface area (Å²) in [4.78, 5) is 15.1. The Morgan fingerprint density at radius 2 is 2.40 bits per heavy atom. The first-order chi connectivity index (χ1) is 7.29. The van der Waals surface area contributed by atoms with Crippen molar-refractivity contribution in [3.8, 4) is 0 Å². The summed E-state index contributed by atoms with van der Waals surface area (Å²) in [6.07, 6.45) is 3.58. The minimum absolute atomic E-state index is 0.0454. The average Bonchev–Trinajstić information content (AvgIpc) is 2.30. The van der Waals surface area contributed by atoms with Crippen LogP contribution in [0.3, 0.4) is 0 Å². The number of anilines is 1. The highest BCUT2D eigenvalue weighted by atomic mass is 16.2. The fourth-order valence-electron chi connectivity index (χ4n) is 1.59. The number of nitrogens with one attached hydrogen (secondary N) is 3. The van der Waals surface area contributed by atoms with Gasteiger partial charge in [0.1, 0.15) is 0 Å². The number of rotatable bonds is 2. The van der Waals surface area contributed by atoms with E-state index in [1.54, 1.807) is 6.20 Å². The van der Waals surface area contributed by atoms with Crippen molar-refractivity contribution in [1.82, 2.24) is 15.6 Å². The van der Waals surface area contributed by atoms with Crippen molar-refractivity contribution < 1.29 is 4.79 Å². The van der Waals surface area contributed by atoms with Crippen LogP contribution in [0.25, 0.3) is 0 Å². The van der Waals surface area contributed by atoms with Gasteiger partial charge >= 0.3 is 0 Å². The van der Waals surface area contributed by atoms with Gasteiger partial charge in [0.05, 0.1) is 18.3 Å². The van der Waals surface area contributed by atoms with E-state index in [-0.39, 0.29) is 11.9 Å². The summed E-state index contributed by atoms with van der Waals surface area (Å²) in [5.41, 5.74) is 2.06. The van der Waals surface area contributed by atoms with E-state index in [0.717, 1.165) is 11.3 Å². The molecular weight excluding hydrogens is 192 g/mol. The summed E-state index contributed by atoms with van der Waals surface area (Å²) < 4.78 is 0. The third-order valence-corrected chi connectivity index (χ3v) is 2.46. The van der Waals surface area contributed by atoms with E-state index >= 15 is 0 Å². The van der Waals surface area contributed by atoms with Gasteiger partial charge in [0.25, 0.3) is 0 Å². The molecule has 0 bridgehead atoms. The second-order valence-electron chi connectivity index (χ2n) is 3.49. The Kier molecular flexibility index (Phi) is 2.82. The summed E-state index contributed by atoms with van der Waals surface area (Å²) in [5.74, 6) is 0.0454. The van der Waals surface area contributed by atoms with E-state index in [9.17, 15) is 4.79 Å². The molecule has 15 heavy (non-hydrogen) atoms. The van der Waals surface area contributed by atoms with E-state index in [1.807, 2.05) is 19.3 Å². The largest absolute Gasteiger partial charge is 0.387 e. The lowest BCUT2D eigenvalue weighted by molar-refractivity contribution is -0.121. The van der Waals surface area contributed by atoms with Gasteiger partial charge in [-0.15, -0.1) is 0 Å². The summed E-state index contributed by atoms with van der Waals surface area (Å²) >= 11 is 0. The van der Waals surface area contributed by atoms with Gasteiger partial charge in [-0.2, -0.15) is 0 Å². The number of nitrogens with zero attached hydrogens (tertiary/aromatic N) is 1. The molecule has 2 rings (SSSR count). The summed E-state index contributed by atoms with van der Waals surface area (Å²) in [5, 5.41) is 9.01. The Balaban J connectivity index is 2.11. The van der Waals surface area contributed by atoms with Gasteiger partial charge in [0, 0.05) is 26.0 Å². The molecule has 1 amide bonds. The lowest BCUT2D eigenvalue weighted by atomic mass is 10.1. The van der Waals surface area contributed by atoms with Gasteiger partial charge in [-0.3, -0.25) is 15.1 Å². The molecular formula is C10H14N4O. The highest BCUT2D eigenvalue weighted by Crippen LogP contribution is 2.16. The van der Waals surface area contributed by atoms with Crippen LogP contribution in [0.4, 0.5) is 5.69 Å². The maximum atomic E-state index is 11.0. The molecule has 5 nitrogen and oxygen atoms in total. The molecule has 1 aliphatic rings. The Morgan fingerprint density at radius 3 is 3.07 bits per heavy atom. The quantitative estimate of drug-likeness (QED) is 0.631. The SMILES string of the molecule is CNc1cncc(C2CNC(=O)CN2)c1. The van der Waals surface area contributed by atoms with Crippen molar-refractivity contribution in [2.45, 2.75) is 6.04 Å². The number of piperazine rings is 1. The molecule has 1 aromatic heterocycles. The van der Waals surface area contributed by atoms with Crippen LogP contribution in [0.2, 0.25) is 0 Å². The standard InChI is InChI=1S/C10H14N4O/c1-11-8-2-7(3-12-4-8)9-5-14-10(15)6-13-9/h2-4,9,11,13H,5-6H2,1H3,(H,14,15). The fraction of sp³-hybridized carbons (Fsp3) is 0.400. The minimum Gasteiger partial charge on any atom is -0.387 e. The van der Waals surface area contributed by atoms with Crippen molar-refractivity contribution in [3.05, 3.63) is 24.0 Å². The van der Waals surface area contributed by atoms with Crippen molar-refractivity contribution in [2.24, 2.45) is 0 Å². The van der Waals surface area contributed by atoms with Crippen molar-refractivity contribution in [3.63, 3.8) is 0 Å². The van der Waals surface area contributed by atoms with Crippen molar-refractivity contribution in [2.75, 3.05) is 25.5 Å². The molecule has 0 aromatic carbocycles. The topological polar surface area (TPSA) is 66.0 Å². The lowest BCUT2D eigenvalue weighted by Gasteiger charge is -2.24. The van der Waals surface area contributed by atoms with Crippen LogP contribution in [-0.4, -0.2) is 31.0 Å². The second kappa shape index (κ2) is 4.27. The molecule has 0 saturated carbocycles. The predicted molar refractivity (Wildman–Crippen MR) is 57.5 cm³/mol. The lowest BCUT2D eigenvalue weighted by Crippen LogP contribution is -2.46. The van der Waals surface area contributed by atoms with Gasteiger partial charge < -0.3 is 10.6 Å². The first-order valence-electron chi connectivity index (χ1n) is 4.92. The van der Waals surface area contributed by atoms with Crippen LogP contribution in [-0.2, 0) is 4.79 Å². The molecule has 5 heteroatoms. The van der Waals surface area contributed by atoms with Crippen LogP contribution >= 0.6 is 0 Å². The Labute approximate surface area is 88.3 Å². The number of pyridine rings is 1. The Morgan fingerprint density at radius 1 is 1.53 bits per heavy atom. The Bertz CT molecular complexity index is 356. The monoisotopic (exact) mass is 206 g/mol. The van der Waals surface area contributed by atoms with Gasteiger partial charge in [-0.05, 0) is 11.6 Å². The molecule has 0 spiro atoms. The number of aromatic nitrogens is 1. The predicted octanol–water partition coefficient (Wildman–Crippen LogP) is -0.116. The van der Waals surface area contributed by atoms with Crippen LogP contribution in [0.1, 0.15) is 11.6 Å². The number of hydrogen-bond donors (Lipinski definition) is 3. The zero-order valence-electron chi connectivity index (χ0n) is 8.58. The maximum Gasteiger partial charge on any atom is 0.234 e. The highest BCUT2D eigenvalue weighted by molar-refractivity contribution is 5.78. The molecule has 1 unspecified atom stereocenters. The normalized spacial score (nSPS) is 20.9. The summed E-state index contributed by atoms with van der Waals surface area (Å²) in [6, 6.07) is 2.19. The molecule has 0 radical (unpaired) electrons. The Hall–Kier alpha value is -1.62. The summed E-state index contributed by atoms with van der Waals surface area (Å²) in [7, 11) is 1.86. The number of hydrogen-bond acceptors (Lipinski definition) is 4. The molecule has 1 aromatic rings. The van der Waals surface area contributed by atoms with Crippen LogP contribution < -0.4 is 16.0 Å². The van der Waals surface area contributed by atoms with E-state index in [1.165, 1.54) is 0 Å². The molecule has 1 saturated heterocycles. The highest BCUT2D eigenvalue weighted by Gasteiger charge is 2.18. The molecule has 0 aliphatic carbocycles. The van der Waals surface area contributed by atoms with E-state index < -0.39 is 0 Å². The molecule has 1 atom stereocenters. The van der Waals surface area contributed by atoms with Gasteiger partial charge in [0.15, 0.2) is 0 Å². The number of carbonyl (C=O) groups excluding carboxylic acids is 1. The maximum absolute atomic E-state index is 11.0. The smallest absolute Gasteiger partial charge is 0.234 e. The van der Waals surface area contributed by atoms with Crippen LogP contribution in [0.5, 0.6) is 0 Å². The number of amides is 1. The third kappa shape index (κ3) is 2.24. The summed E-state index contributed by atoms with van der Waals surface area (Å²) in [6.45, 7) is 0.988. The van der Waals surface area contributed by atoms with Crippen LogP contribution in [0.15, 0.2) is 18.5 Å². The first kappa shape index (κ1) is 9.92. The number of carbonyl (C=O) groups is 1. The average molecular weight is 206 g/mol. The van der Waals surface area contributed by atoms with Crippen molar-refractivity contribution >= 4 is 11.6 Å². The molecule has 1 aliphatic heterocycles. The van der Waals surface area contributed by atoms with Gasteiger partial charge in [-0.1, -0.05) is 0 Å². The molecule has 3 N–H and O–H groups in total. The first-order valence-corrected chi connectivity index (χ1v) is 4.92. The third-order valence-electron chi connectivity index (χ3n) is 2.46. The fourth-order valence-corrected chi connectivity index (χ4v) is 1.59. The van der Waals surface area contributed by atoms with Gasteiger partial charge in [0.2, 0.25) is 5.91 Å². The van der Waals surface area contributed by atoms with E-state index in [4.69, 9.17) is 0 Å². The zero-order chi connectivity index (χ0) is 10.7. The molecule has 2 heterocycles. The van der Waals surface area contributed by atoms with E-state index in [2.05, 4.69) is 20.9 Å². The van der Waals surface area contributed by atoms with Gasteiger partial charge in [-0.25, -0.2) is 0 Å². The zero-order valence-corrected chi connectivity index (χ0v) is 8.58. The molecule has 80 valence electrons. The van der Waals surface area contributed by atoms with E-state index in [0.29, 0.717) is 13.1 Å².